The van der Waals surface area contributed by atoms with Crippen LogP contribution in [0.4, 0.5) is 5.13 Å². The molecule has 2 heterocycles. The molecule has 1 aromatic carbocycles. The molecule has 110 valence electrons. The van der Waals surface area contributed by atoms with Crippen LogP contribution in [-0.2, 0) is 10.0 Å². The quantitative estimate of drug-likeness (QED) is 0.750. The molecule has 3 aromatic rings. The number of thiazole rings is 1. The second kappa shape index (κ2) is 5.30. The van der Waals surface area contributed by atoms with Crippen molar-refractivity contribution in [2.75, 3.05) is 4.72 Å². The van der Waals surface area contributed by atoms with Gasteiger partial charge in [0.25, 0.3) is 10.0 Å². The summed E-state index contributed by atoms with van der Waals surface area (Å²) in [7, 11) is -3.76. The summed E-state index contributed by atoms with van der Waals surface area (Å²) in [6, 6.07) is 4.60. The molecule has 0 saturated carbocycles. The van der Waals surface area contributed by atoms with Crippen molar-refractivity contribution in [3.8, 4) is 0 Å². The molecule has 0 saturated heterocycles. The van der Waals surface area contributed by atoms with Gasteiger partial charge in [-0.15, -0.1) is 11.3 Å². The Morgan fingerprint density at radius 1 is 1.33 bits per heavy atom. The average Bonchev–Trinajstić information content (AvgIpc) is 3.05. The summed E-state index contributed by atoms with van der Waals surface area (Å²) < 4.78 is 35.4. The SMILES string of the molecule is CC(N)c1csc(NS(=O)(=O)c2cccc3nsnc23)n1. The fraction of sp³-hybridized carbons (Fsp3) is 0.182. The van der Waals surface area contributed by atoms with Gasteiger partial charge in [0, 0.05) is 11.4 Å². The number of nitrogens with one attached hydrogen (secondary N) is 1. The van der Waals surface area contributed by atoms with Crippen LogP contribution in [0.25, 0.3) is 11.0 Å². The van der Waals surface area contributed by atoms with Gasteiger partial charge in [0.1, 0.15) is 15.9 Å². The zero-order valence-corrected chi connectivity index (χ0v) is 13.3. The summed E-state index contributed by atoms with van der Waals surface area (Å²) in [5.41, 5.74) is 7.27. The number of aromatic nitrogens is 3. The summed E-state index contributed by atoms with van der Waals surface area (Å²) in [5, 5.41) is 2.01. The second-order valence-electron chi connectivity index (χ2n) is 4.36. The lowest BCUT2D eigenvalue weighted by molar-refractivity contribution is 0.602. The zero-order valence-electron chi connectivity index (χ0n) is 10.8. The van der Waals surface area contributed by atoms with Crippen molar-refractivity contribution in [3.63, 3.8) is 0 Å². The molecular weight excluding hydrogens is 330 g/mol. The van der Waals surface area contributed by atoms with E-state index in [2.05, 4.69) is 18.5 Å². The monoisotopic (exact) mass is 341 g/mol. The molecule has 21 heavy (non-hydrogen) atoms. The van der Waals surface area contributed by atoms with E-state index in [0.717, 1.165) is 11.7 Å². The van der Waals surface area contributed by atoms with Gasteiger partial charge in [-0.25, -0.2) is 13.4 Å². The predicted molar refractivity (Wildman–Crippen MR) is 82.9 cm³/mol. The molecule has 10 heteroatoms. The molecule has 7 nitrogen and oxygen atoms in total. The highest BCUT2D eigenvalue weighted by molar-refractivity contribution is 7.93. The highest BCUT2D eigenvalue weighted by Crippen LogP contribution is 2.26. The van der Waals surface area contributed by atoms with Crippen LogP contribution in [0.15, 0.2) is 28.5 Å². The Bertz CT molecular complexity index is 884. The number of hydrogen-bond acceptors (Lipinski definition) is 8. The number of hydrogen-bond donors (Lipinski definition) is 2. The molecule has 0 fully saturated rings. The van der Waals surface area contributed by atoms with E-state index in [1.807, 2.05) is 0 Å². The molecular formula is C11H11N5O2S3. The van der Waals surface area contributed by atoms with Gasteiger partial charge in [0.15, 0.2) is 5.13 Å². The maximum absolute atomic E-state index is 12.5. The number of rotatable bonds is 4. The van der Waals surface area contributed by atoms with E-state index in [4.69, 9.17) is 5.73 Å². The largest absolute Gasteiger partial charge is 0.323 e. The normalized spacial score (nSPS) is 13.4. The van der Waals surface area contributed by atoms with Crippen LogP contribution in [0, 0.1) is 0 Å². The molecule has 0 aliphatic rings. The van der Waals surface area contributed by atoms with Crippen LogP contribution < -0.4 is 10.5 Å². The Morgan fingerprint density at radius 2 is 2.14 bits per heavy atom. The minimum absolute atomic E-state index is 0.0892. The lowest BCUT2D eigenvalue weighted by atomic mass is 10.3. The third-order valence-corrected chi connectivity index (χ3v) is 5.57. The van der Waals surface area contributed by atoms with E-state index in [9.17, 15) is 8.42 Å². The Hall–Kier alpha value is -1.62. The summed E-state index contributed by atoms with van der Waals surface area (Å²) in [6.45, 7) is 1.79. The number of anilines is 1. The van der Waals surface area contributed by atoms with Gasteiger partial charge in [-0.1, -0.05) is 6.07 Å². The van der Waals surface area contributed by atoms with Gasteiger partial charge in [0.05, 0.1) is 17.4 Å². The number of benzene rings is 1. The van der Waals surface area contributed by atoms with E-state index in [0.29, 0.717) is 16.7 Å². The van der Waals surface area contributed by atoms with Crippen LogP contribution in [0.1, 0.15) is 18.7 Å². The van der Waals surface area contributed by atoms with Gasteiger partial charge < -0.3 is 5.73 Å². The van der Waals surface area contributed by atoms with E-state index in [1.165, 1.54) is 17.4 Å². The first-order valence-electron chi connectivity index (χ1n) is 5.92. The predicted octanol–water partition coefficient (Wildman–Crippen LogP) is 1.97. The summed E-state index contributed by atoms with van der Waals surface area (Å²) in [4.78, 5) is 4.25. The Balaban J connectivity index is 1.98. The molecule has 0 bridgehead atoms. The first kappa shape index (κ1) is 14.3. The van der Waals surface area contributed by atoms with Crippen LogP contribution in [0.5, 0.6) is 0 Å². The van der Waals surface area contributed by atoms with Gasteiger partial charge in [0.2, 0.25) is 0 Å². The Kier molecular flexibility index (Phi) is 3.61. The van der Waals surface area contributed by atoms with E-state index in [-0.39, 0.29) is 16.1 Å². The minimum atomic E-state index is -3.76. The smallest absolute Gasteiger partial charge is 0.265 e. The molecule has 3 rings (SSSR count). The van der Waals surface area contributed by atoms with E-state index >= 15 is 0 Å². The molecule has 0 amide bonds. The highest BCUT2D eigenvalue weighted by atomic mass is 32.2. The van der Waals surface area contributed by atoms with Crippen LogP contribution >= 0.6 is 23.1 Å². The summed E-state index contributed by atoms with van der Waals surface area (Å²) in [6.07, 6.45) is 0. The lowest BCUT2D eigenvalue weighted by Gasteiger charge is -2.05. The fourth-order valence-corrected chi connectivity index (χ4v) is 4.55. The van der Waals surface area contributed by atoms with Gasteiger partial charge >= 0.3 is 0 Å². The van der Waals surface area contributed by atoms with Crippen molar-refractivity contribution in [2.24, 2.45) is 5.73 Å². The number of fused-ring (bicyclic) bond motifs is 1. The molecule has 0 aliphatic carbocycles. The van der Waals surface area contributed by atoms with Gasteiger partial charge in [-0.2, -0.15) is 8.75 Å². The Labute approximate surface area is 129 Å². The van der Waals surface area contributed by atoms with Gasteiger partial charge in [-0.05, 0) is 19.1 Å². The van der Waals surface area contributed by atoms with E-state index < -0.39 is 10.0 Å². The van der Waals surface area contributed by atoms with Gasteiger partial charge in [-0.3, -0.25) is 4.72 Å². The van der Waals surface area contributed by atoms with Crippen molar-refractivity contribution >= 4 is 49.3 Å². The third-order valence-electron chi connectivity index (χ3n) is 2.75. The van der Waals surface area contributed by atoms with Crippen LogP contribution in [0.3, 0.4) is 0 Å². The molecule has 1 unspecified atom stereocenters. The number of sulfonamides is 1. The van der Waals surface area contributed by atoms with Crippen molar-refractivity contribution in [3.05, 3.63) is 29.3 Å². The van der Waals surface area contributed by atoms with Crippen LogP contribution in [-0.4, -0.2) is 22.1 Å². The van der Waals surface area contributed by atoms with Crippen molar-refractivity contribution in [2.45, 2.75) is 17.9 Å². The minimum Gasteiger partial charge on any atom is -0.323 e. The number of nitrogens with two attached hydrogens (primary N) is 1. The summed E-state index contributed by atoms with van der Waals surface area (Å²) >= 11 is 2.17. The fourth-order valence-electron chi connectivity index (χ4n) is 1.71. The third kappa shape index (κ3) is 2.75. The van der Waals surface area contributed by atoms with Crippen molar-refractivity contribution in [1.29, 1.82) is 0 Å². The number of nitrogens with zero attached hydrogens (tertiary/aromatic N) is 3. The highest BCUT2D eigenvalue weighted by Gasteiger charge is 2.21. The second-order valence-corrected chi connectivity index (χ2v) is 7.40. The standard InChI is InChI=1S/C11H11N5O2S3/c1-6(12)8-5-19-11(13-8)16-21(17,18)9-4-2-3-7-10(9)15-20-14-7/h2-6H,12H2,1H3,(H,13,16). The molecule has 2 aromatic heterocycles. The maximum atomic E-state index is 12.5. The summed E-state index contributed by atoms with van der Waals surface area (Å²) in [5.74, 6) is 0. The molecule has 3 N–H and O–H groups in total. The lowest BCUT2D eigenvalue weighted by Crippen LogP contribution is -2.14. The van der Waals surface area contributed by atoms with E-state index in [1.54, 1.807) is 24.4 Å². The van der Waals surface area contributed by atoms with Crippen molar-refractivity contribution in [1.82, 2.24) is 13.7 Å². The molecule has 0 spiro atoms. The molecule has 0 aliphatic heterocycles. The average molecular weight is 341 g/mol. The molecule has 1 atom stereocenters. The first-order chi connectivity index (χ1) is 9.97. The Morgan fingerprint density at radius 3 is 2.86 bits per heavy atom. The van der Waals surface area contributed by atoms with Crippen molar-refractivity contribution < 1.29 is 8.42 Å². The van der Waals surface area contributed by atoms with Crippen LogP contribution in [0.2, 0.25) is 0 Å². The molecule has 0 radical (unpaired) electrons. The maximum Gasteiger partial charge on any atom is 0.265 e. The topological polar surface area (TPSA) is 111 Å². The first-order valence-corrected chi connectivity index (χ1v) is 9.02. The zero-order chi connectivity index (χ0) is 15.0.